The third-order valence-electron chi connectivity index (χ3n) is 2.11. The van der Waals surface area contributed by atoms with Crippen LogP contribution in [-0.4, -0.2) is 11.6 Å². The van der Waals surface area contributed by atoms with Gasteiger partial charge in [-0.25, -0.2) is 4.98 Å². The number of halogens is 1. The van der Waals surface area contributed by atoms with E-state index in [0.717, 1.165) is 17.0 Å². The summed E-state index contributed by atoms with van der Waals surface area (Å²) in [5.41, 5.74) is 1.57. The van der Waals surface area contributed by atoms with Gasteiger partial charge in [-0.15, -0.1) is 11.6 Å². The van der Waals surface area contributed by atoms with Crippen molar-refractivity contribution in [3.05, 3.63) is 36.2 Å². The van der Waals surface area contributed by atoms with Crippen molar-refractivity contribution < 1.29 is 9.15 Å². The highest BCUT2D eigenvalue weighted by Crippen LogP contribution is 2.29. The quantitative estimate of drug-likeness (QED) is 0.764. The number of rotatable bonds is 4. The van der Waals surface area contributed by atoms with Crippen molar-refractivity contribution in [1.29, 1.82) is 0 Å². The lowest BCUT2D eigenvalue weighted by molar-refractivity contribution is 0.340. The van der Waals surface area contributed by atoms with E-state index in [9.17, 15) is 0 Å². The number of hydrogen-bond donors (Lipinski definition) is 0. The molecule has 0 unspecified atom stereocenters. The van der Waals surface area contributed by atoms with Crippen molar-refractivity contribution in [1.82, 2.24) is 4.98 Å². The molecule has 0 atom stereocenters. The van der Waals surface area contributed by atoms with Gasteiger partial charge in [-0.2, -0.15) is 0 Å². The van der Waals surface area contributed by atoms with Crippen molar-refractivity contribution in [2.45, 2.75) is 12.8 Å². The van der Waals surface area contributed by atoms with Crippen LogP contribution in [0, 0.1) is 0 Å². The summed E-state index contributed by atoms with van der Waals surface area (Å²) in [7, 11) is 0. The third-order valence-corrected chi connectivity index (χ3v) is 2.38. The Balaban J connectivity index is 2.38. The number of para-hydroxylation sites is 1. The van der Waals surface area contributed by atoms with Crippen LogP contribution in [0.25, 0.3) is 11.5 Å². The molecule has 3 nitrogen and oxygen atoms in total. The molecule has 0 aliphatic heterocycles. The zero-order chi connectivity index (χ0) is 11.4. The van der Waals surface area contributed by atoms with Gasteiger partial charge in [-0.1, -0.05) is 12.1 Å². The normalized spacial score (nSPS) is 10.4. The Labute approximate surface area is 99.0 Å². The van der Waals surface area contributed by atoms with Crippen LogP contribution in [0.15, 0.2) is 34.9 Å². The lowest BCUT2D eigenvalue weighted by atomic mass is 10.2. The van der Waals surface area contributed by atoms with Crippen LogP contribution in [0.5, 0.6) is 5.75 Å². The summed E-state index contributed by atoms with van der Waals surface area (Å²) in [4.78, 5) is 4.26. The van der Waals surface area contributed by atoms with E-state index < -0.39 is 0 Å². The molecule has 16 heavy (non-hydrogen) atoms. The predicted molar refractivity (Wildman–Crippen MR) is 62.7 cm³/mol. The Kier molecular flexibility index (Phi) is 3.47. The minimum absolute atomic E-state index is 0.348. The average Bonchev–Trinajstić information content (AvgIpc) is 2.79. The number of hydrogen-bond acceptors (Lipinski definition) is 3. The van der Waals surface area contributed by atoms with E-state index in [1.54, 1.807) is 6.26 Å². The second-order valence-corrected chi connectivity index (χ2v) is 3.47. The fourth-order valence-corrected chi connectivity index (χ4v) is 1.54. The summed E-state index contributed by atoms with van der Waals surface area (Å²) in [6.07, 6.45) is 1.56. The van der Waals surface area contributed by atoms with Crippen LogP contribution >= 0.6 is 11.6 Å². The van der Waals surface area contributed by atoms with Gasteiger partial charge >= 0.3 is 0 Å². The molecule has 2 rings (SSSR count). The molecular weight excluding hydrogens is 226 g/mol. The molecule has 0 amide bonds. The standard InChI is InChI=1S/C12H12ClNO2/c1-2-15-11-6-4-3-5-10(11)12-14-9(7-13)8-16-12/h3-6,8H,2,7H2,1H3. The van der Waals surface area contributed by atoms with Gasteiger partial charge in [0, 0.05) is 0 Å². The summed E-state index contributed by atoms with van der Waals surface area (Å²) >= 11 is 5.67. The molecule has 0 saturated heterocycles. The van der Waals surface area contributed by atoms with E-state index in [0.29, 0.717) is 18.4 Å². The van der Waals surface area contributed by atoms with E-state index in [1.807, 2.05) is 31.2 Å². The van der Waals surface area contributed by atoms with Crippen LogP contribution in [0.3, 0.4) is 0 Å². The highest BCUT2D eigenvalue weighted by atomic mass is 35.5. The minimum Gasteiger partial charge on any atom is -0.493 e. The molecule has 0 bridgehead atoms. The molecule has 0 fully saturated rings. The monoisotopic (exact) mass is 237 g/mol. The van der Waals surface area contributed by atoms with Gasteiger partial charge in [0.05, 0.1) is 23.7 Å². The largest absolute Gasteiger partial charge is 0.493 e. The van der Waals surface area contributed by atoms with E-state index in [2.05, 4.69) is 4.98 Å². The molecule has 0 spiro atoms. The summed E-state index contributed by atoms with van der Waals surface area (Å²) in [5, 5.41) is 0. The molecule has 2 aromatic rings. The Hall–Kier alpha value is -1.48. The maximum absolute atomic E-state index is 5.67. The highest BCUT2D eigenvalue weighted by Gasteiger charge is 2.11. The minimum atomic E-state index is 0.348. The molecule has 0 radical (unpaired) electrons. The van der Waals surface area contributed by atoms with E-state index in [4.69, 9.17) is 20.8 Å². The van der Waals surface area contributed by atoms with Crippen LogP contribution in [-0.2, 0) is 5.88 Å². The molecule has 0 aliphatic carbocycles. The highest BCUT2D eigenvalue weighted by molar-refractivity contribution is 6.16. The van der Waals surface area contributed by atoms with Gasteiger partial charge in [0.1, 0.15) is 12.0 Å². The van der Waals surface area contributed by atoms with Crippen LogP contribution < -0.4 is 4.74 Å². The van der Waals surface area contributed by atoms with E-state index in [-0.39, 0.29) is 0 Å². The van der Waals surface area contributed by atoms with Gasteiger partial charge in [0.2, 0.25) is 5.89 Å². The zero-order valence-corrected chi connectivity index (χ0v) is 9.70. The first kappa shape index (κ1) is 11.0. The average molecular weight is 238 g/mol. The van der Waals surface area contributed by atoms with Gasteiger partial charge in [0.25, 0.3) is 0 Å². The molecule has 0 aliphatic rings. The smallest absolute Gasteiger partial charge is 0.229 e. The van der Waals surface area contributed by atoms with E-state index >= 15 is 0 Å². The summed E-state index contributed by atoms with van der Waals surface area (Å²) in [5.74, 6) is 1.66. The molecule has 1 heterocycles. The Morgan fingerprint density at radius 2 is 2.19 bits per heavy atom. The van der Waals surface area contributed by atoms with Crippen LogP contribution in [0.2, 0.25) is 0 Å². The van der Waals surface area contributed by atoms with Gasteiger partial charge < -0.3 is 9.15 Å². The van der Waals surface area contributed by atoms with Crippen LogP contribution in [0.1, 0.15) is 12.6 Å². The topological polar surface area (TPSA) is 35.3 Å². The maximum atomic E-state index is 5.67. The summed E-state index contributed by atoms with van der Waals surface area (Å²) < 4.78 is 10.9. The van der Waals surface area contributed by atoms with Gasteiger partial charge in [-0.3, -0.25) is 0 Å². The fraction of sp³-hybridized carbons (Fsp3) is 0.250. The molecule has 0 saturated carbocycles. The second kappa shape index (κ2) is 5.03. The lowest BCUT2D eigenvalue weighted by Gasteiger charge is -2.06. The molecule has 0 N–H and O–H groups in total. The van der Waals surface area contributed by atoms with Gasteiger partial charge in [0.15, 0.2) is 0 Å². The number of ether oxygens (including phenoxy) is 1. The molecule has 84 valence electrons. The first-order chi connectivity index (χ1) is 7.85. The number of aromatic nitrogens is 1. The Morgan fingerprint density at radius 3 is 2.88 bits per heavy atom. The van der Waals surface area contributed by atoms with Gasteiger partial charge in [-0.05, 0) is 19.1 Å². The maximum Gasteiger partial charge on any atom is 0.229 e. The first-order valence-corrected chi connectivity index (χ1v) is 5.61. The summed E-state index contributed by atoms with van der Waals surface area (Å²) in [6.45, 7) is 2.55. The number of oxazole rings is 1. The second-order valence-electron chi connectivity index (χ2n) is 3.21. The zero-order valence-electron chi connectivity index (χ0n) is 8.94. The van der Waals surface area contributed by atoms with Crippen molar-refractivity contribution in [2.24, 2.45) is 0 Å². The predicted octanol–water partition coefficient (Wildman–Crippen LogP) is 3.48. The molecule has 1 aromatic heterocycles. The molecule has 1 aromatic carbocycles. The fourth-order valence-electron chi connectivity index (χ4n) is 1.42. The van der Waals surface area contributed by atoms with Crippen LogP contribution in [0.4, 0.5) is 0 Å². The Morgan fingerprint density at radius 1 is 1.38 bits per heavy atom. The van der Waals surface area contributed by atoms with Crippen molar-refractivity contribution in [3.8, 4) is 17.2 Å². The SMILES string of the molecule is CCOc1ccccc1-c1nc(CCl)co1. The number of nitrogens with zero attached hydrogens (tertiary/aromatic N) is 1. The van der Waals surface area contributed by atoms with Crippen molar-refractivity contribution >= 4 is 11.6 Å². The lowest BCUT2D eigenvalue weighted by Crippen LogP contribution is -1.93. The molecular formula is C12H12ClNO2. The van der Waals surface area contributed by atoms with E-state index in [1.165, 1.54) is 0 Å². The summed E-state index contributed by atoms with van der Waals surface area (Å²) in [6, 6.07) is 7.64. The first-order valence-electron chi connectivity index (χ1n) is 5.07. The van der Waals surface area contributed by atoms with Crippen molar-refractivity contribution in [3.63, 3.8) is 0 Å². The van der Waals surface area contributed by atoms with Crippen molar-refractivity contribution in [2.75, 3.05) is 6.61 Å². The third kappa shape index (κ3) is 2.19. The Bertz CT molecular complexity index is 468. The number of alkyl halides is 1. The molecule has 4 heteroatoms. The number of benzene rings is 1.